The number of rotatable bonds is 4. The molecule has 2 nitrogen and oxygen atoms in total. The second-order valence-corrected chi connectivity index (χ2v) is 7.32. The fraction of sp³-hybridized carbons (Fsp3) is 0. The lowest BCUT2D eigenvalue weighted by Gasteiger charge is -2.17. The monoisotopic (exact) mass is 386 g/mol. The molecule has 0 aliphatic heterocycles. The van der Waals surface area contributed by atoms with E-state index >= 15 is 0 Å². The Hall–Kier alpha value is -4.04. The molecule has 0 saturated heterocycles. The van der Waals surface area contributed by atoms with Gasteiger partial charge in [0.1, 0.15) is 12.6 Å². The maximum absolute atomic E-state index is 11.1. The van der Waals surface area contributed by atoms with Gasteiger partial charge in [0, 0.05) is 11.1 Å². The van der Waals surface area contributed by atoms with Crippen molar-refractivity contribution in [2.45, 2.75) is 0 Å². The smallest absolute Gasteiger partial charge is 0.150 e. The van der Waals surface area contributed by atoms with Crippen LogP contribution in [0.3, 0.4) is 0 Å². The third-order valence-electron chi connectivity index (χ3n) is 5.60. The van der Waals surface area contributed by atoms with Gasteiger partial charge >= 0.3 is 0 Å². The highest BCUT2D eigenvalue weighted by Crippen LogP contribution is 2.43. The Morgan fingerprint density at radius 3 is 0.967 bits per heavy atom. The second-order valence-electron chi connectivity index (χ2n) is 7.32. The van der Waals surface area contributed by atoms with Gasteiger partial charge in [-0.05, 0) is 43.8 Å². The van der Waals surface area contributed by atoms with Crippen molar-refractivity contribution in [2.24, 2.45) is 0 Å². The summed E-state index contributed by atoms with van der Waals surface area (Å²) in [7, 11) is 0. The Labute approximate surface area is 174 Å². The van der Waals surface area contributed by atoms with Crippen LogP contribution in [0.25, 0.3) is 43.8 Å². The quantitative estimate of drug-likeness (QED) is 0.247. The van der Waals surface area contributed by atoms with Crippen molar-refractivity contribution < 1.29 is 9.59 Å². The molecule has 0 aliphatic rings. The van der Waals surface area contributed by atoms with Crippen LogP contribution >= 0.6 is 0 Å². The van der Waals surface area contributed by atoms with Crippen molar-refractivity contribution in [1.29, 1.82) is 0 Å². The van der Waals surface area contributed by atoms with E-state index in [-0.39, 0.29) is 0 Å². The molecule has 0 aliphatic carbocycles. The number of hydrogen-bond donors (Lipinski definition) is 0. The molecule has 0 heterocycles. The Morgan fingerprint density at radius 2 is 0.700 bits per heavy atom. The maximum Gasteiger partial charge on any atom is 0.150 e. The summed E-state index contributed by atoms with van der Waals surface area (Å²) in [6.07, 6.45) is 1.73. The van der Waals surface area contributed by atoms with Crippen LogP contribution in [0.15, 0.2) is 97.1 Å². The van der Waals surface area contributed by atoms with Crippen LogP contribution in [0.2, 0.25) is 0 Å². The van der Waals surface area contributed by atoms with Crippen molar-refractivity contribution in [1.82, 2.24) is 0 Å². The summed E-state index contributed by atoms with van der Waals surface area (Å²) >= 11 is 0. The van der Waals surface area contributed by atoms with Crippen molar-refractivity contribution in [3.05, 3.63) is 108 Å². The number of carbonyl (C=O) groups excluding carboxylic acids is 2. The summed E-state index contributed by atoms with van der Waals surface area (Å²) in [5, 5.41) is 4.63. The van der Waals surface area contributed by atoms with Gasteiger partial charge in [0.2, 0.25) is 0 Å². The van der Waals surface area contributed by atoms with Crippen LogP contribution < -0.4 is 0 Å². The van der Waals surface area contributed by atoms with E-state index in [1.54, 1.807) is 0 Å². The van der Waals surface area contributed by atoms with Crippen LogP contribution in [0, 0.1) is 0 Å². The second kappa shape index (κ2) is 7.41. The lowest BCUT2D eigenvalue weighted by molar-refractivity contribution is 0.111. The fourth-order valence-electron chi connectivity index (χ4n) is 4.21. The van der Waals surface area contributed by atoms with Crippen LogP contribution in [-0.2, 0) is 0 Å². The van der Waals surface area contributed by atoms with Gasteiger partial charge < -0.3 is 0 Å². The van der Waals surface area contributed by atoms with Gasteiger partial charge in [0.25, 0.3) is 0 Å². The average molecular weight is 386 g/mol. The largest absolute Gasteiger partial charge is 0.298 e. The van der Waals surface area contributed by atoms with E-state index in [9.17, 15) is 9.59 Å². The lowest BCUT2D eigenvalue weighted by Crippen LogP contribution is -1.91. The summed E-state index contributed by atoms with van der Waals surface area (Å²) in [4.78, 5) is 22.2. The number of aldehydes is 2. The first kappa shape index (κ1) is 18.0. The third kappa shape index (κ3) is 2.90. The maximum atomic E-state index is 11.1. The average Bonchev–Trinajstić information content (AvgIpc) is 2.82. The lowest BCUT2D eigenvalue weighted by atomic mass is 9.86. The van der Waals surface area contributed by atoms with Crippen LogP contribution in [0.5, 0.6) is 0 Å². The van der Waals surface area contributed by atoms with Crippen LogP contribution in [-0.4, -0.2) is 12.6 Å². The van der Waals surface area contributed by atoms with Crippen LogP contribution in [0.4, 0.5) is 0 Å². The highest BCUT2D eigenvalue weighted by Gasteiger charge is 2.16. The molecule has 0 fully saturated rings. The minimum absolute atomic E-state index is 0.666. The molecule has 0 atom stereocenters. The molecule has 5 rings (SSSR count). The van der Waals surface area contributed by atoms with Crippen molar-refractivity contribution >= 4 is 34.1 Å². The summed E-state index contributed by atoms with van der Waals surface area (Å²) in [5.41, 5.74) is 5.81. The van der Waals surface area contributed by atoms with E-state index in [0.29, 0.717) is 11.1 Å². The molecule has 0 aromatic heterocycles. The molecule has 0 N–H and O–H groups in total. The highest BCUT2D eigenvalue weighted by atomic mass is 16.1. The third-order valence-corrected chi connectivity index (χ3v) is 5.60. The Kier molecular flexibility index (Phi) is 4.45. The first-order valence-electron chi connectivity index (χ1n) is 9.85. The van der Waals surface area contributed by atoms with E-state index in [1.165, 1.54) is 0 Å². The zero-order valence-corrected chi connectivity index (χ0v) is 16.2. The van der Waals surface area contributed by atoms with E-state index in [0.717, 1.165) is 56.4 Å². The summed E-state index contributed by atoms with van der Waals surface area (Å²) < 4.78 is 0. The molecule has 0 unspecified atom stereocenters. The molecule has 5 aromatic carbocycles. The molecule has 5 aromatic rings. The molecule has 0 saturated carbocycles. The minimum Gasteiger partial charge on any atom is -0.298 e. The van der Waals surface area contributed by atoms with Gasteiger partial charge in [-0.15, -0.1) is 0 Å². The number of fused-ring (bicyclic) bond motifs is 2. The molecule has 30 heavy (non-hydrogen) atoms. The Bertz CT molecular complexity index is 1230. The minimum atomic E-state index is 0.666. The van der Waals surface area contributed by atoms with Crippen molar-refractivity contribution in [3.8, 4) is 22.3 Å². The molecule has 0 amide bonds. The molecule has 0 bridgehead atoms. The molecule has 0 radical (unpaired) electrons. The zero-order chi connectivity index (χ0) is 20.5. The van der Waals surface area contributed by atoms with Gasteiger partial charge in [-0.1, -0.05) is 97.1 Å². The van der Waals surface area contributed by atoms with Gasteiger partial charge in [0.05, 0.1) is 0 Å². The number of hydrogen-bond acceptors (Lipinski definition) is 2. The van der Waals surface area contributed by atoms with Gasteiger partial charge in [-0.25, -0.2) is 0 Å². The molecule has 2 heteroatoms. The molecular weight excluding hydrogens is 368 g/mol. The van der Waals surface area contributed by atoms with E-state index in [1.807, 2.05) is 48.5 Å². The number of carbonyl (C=O) groups is 2. The fourth-order valence-corrected chi connectivity index (χ4v) is 4.21. The first-order chi connectivity index (χ1) is 14.8. The summed E-state index contributed by atoms with van der Waals surface area (Å²) in [5.74, 6) is 0. The topological polar surface area (TPSA) is 34.1 Å². The van der Waals surface area contributed by atoms with Gasteiger partial charge in [-0.3, -0.25) is 9.59 Å². The Morgan fingerprint density at radius 1 is 0.400 bits per heavy atom. The standard InChI is InChI=1S/C28H18O2/c29-17-19-9-13-21(14-10-19)27-23-5-1-2-6-24(23)28(26-8-4-3-7-25(26)27)22-15-11-20(18-30)12-16-22/h1-18H. The highest BCUT2D eigenvalue weighted by molar-refractivity contribution is 6.21. The van der Waals surface area contributed by atoms with E-state index < -0.39 is 0 Å². The molecule has 142 valence electrons. The van der Waals surface area contributed by atoms with Gasteiger partial charge in [0.15, 0.2) is 0 Å². The molecular formula is C28H18O2. The normalized spacial score (nSPS) is 10.9. The Balaban J connectivity index is 1.90. The van der Waals surface area contributed by atoms with Gasteiger partial charge in [-0.2, -0.15) is 0 Å². The van der Waals surface area contributed by atoms with Crippen molar-refractivity contribution in [2.75, 3.05) is 0 Å². The van der Waals surface area contributed by atoms with E-state index in [4.69, 9.17) is 0 Å². The zero-order valence-electron chi connectivity index (χ0n) is 16.2. The summed E-state index contributed by atoms with van der Waals surface area (Å²) in [6.45, 7) is 0. The SMILES string of the molecule is O=Cc1ccc(-c2c3ccccc3c(-c3ccc(C=O)cc3)c3ccccc23)cc1. The predicted molar refractivity (Wildman–Crippen MR) is 123 cm³/mol. The first-order valence-corrected chi connectivity index (χ1v) is 9.85. The predicted octanol–water partition coefficient (Wildman–Crippen LogP) is 6.95. The van der Waals surface area contributed by atoms with Crippen molar-refractivity contribution in [3.63, 3.8) is 0 Å². The summed E-state index contributed by atoms with van der Waals surface area (Å²) in [6, 6.07) is 32.3. The molecule has 0 spiro atoms. The number of benzene rings is 5. The van der Waals surface area contributed by atoms with E-state index in [2.05, 4.69) is 48.5 Å². The van der Waals surface area contributed by atoms with Crippen LogP contribution in [0.1, 0.15) is 20.7 Å².